The second kappa shape index (κ2) is 9.70. The Labute approximate surface area is 174 Å². The molecule has 5 nitrogen and oxygen atoms in total. The van der Waals surface area contributed by atoms with Gasteiger partial charge in [-0.05, 0) is 74.9 Å². The maximum Gasteiger partial charge on any atom is 0.123 e. The first-order valence-electron chi connectivity index (χ1n) is 11.1. The van der Waals surface area contributed by atoms with E-state index in [2.05, 4.69) is 64.3 Å². The normalized spacial score (nSPS) is 26.8. The van der Waals surface area contributed by atoms with E-state index in [1.807, 2.05) is 6.07 Å². The van der Waals surface area contributed by atoms with Crippen molar-refractivity contribution in [1.29, 1.82) is 0 Å². The van der Waals surface area contributed by atoms with E-state index in [9.17, 15) is 0 Å². The van der Waals surface area contributed by atoms with Crippen LogP contribution in [-0.4, -0.2) is 42.7 Å². The SMILES string of the molecule is Cc1cc(N)nc(CC2CNCC2NC2CCCC2NCCc2ccccc2)c1. The van der Waals surface area contributed by atoms with Gasteiger partial charge >= 0.3 is 0 Å². The number of pyridine rings is 1. The third-order valence-corrected chi connectivity index (χ3v) is 6.46. The van der Waals surface area contributed by atoms with Gasteiger partial charge in [0.15, 0.2) is 0 Å². The van der Waals surface area contributed by atoms with Crippen molar-refractivity contribution in [3.8, 4) is 0 Å². The first-order valence-corrected chi connectivity index (χ1v) is 11.1. The van der Waals surface area contributed by atoms with Crippen LogP contribution < -0.4 is 21.7 Å². The van der Waals surface area contributed by atoms with Crippen LogP contribution in [0.2, 0.25) is 0 Å². The second-order valence-electron chi connectivity index (χ2n) is 8.79. The van der Waals surface area contributed by atoms with Gasteiger partial charge in [0.05, 0.1) is 0 Å². The number of nitrogens with two attached hydrogens (primary N) is 1. The quantitative estimate of drug-likeness (QED) is 0.554. The van der Waals surface area contributed by atoms with Gasteiger partial charge in [0.1, 0.15) is 5.82 Å². The van der Waals surface area contributed by atoms with Crippen LogP contribution in [0.3, 0.4) is 0 Å². The van der Waals surface area contributed by atoms with Gasteiger partial charge in [0, 0.05) is 30.4 Å². The lowest BCUT2D eigenvalue weighted by Crippen LogP contribution is -2.51. The number of hydrogen-bond donors (Lipinski definition) is 4. The molecule has 1 aromatic carbocycles. The van der Waals surface area contributed by atoms with Gasteiger partial charge in [-0.2, -0.15) is 0 Å². The zero-order chi connectivity index (χ0) is 20.1. The molecule has 1 aliphatic carbocycles. The standard InChI is InChI=1S/C24H35N5/c1-17-12-20(28-24(25)13-17)14-19-15-26-16-23(19)29-22-9-5-8-21(22)27-11-10-18-6-3-2-4-7-18/h2-4,6-7,12-13,19,21-23,26-27,29H,5,8-11,14-16H2,1H3,(H2,25,28). The predicted octanol–water partition coefficient (Wildman–Crippen LogP) is 2.45. The van der Waals surface area contributed by atoms with Gasteiger partial charge in [-0.1, -0.05) is 36.8 Å². The molecule has 0 radical (unpaired) electrons. The molecule has 1 aliphatic heterocycles. The Kier molecular flexibility index (Phi) is 6.80. The minimum Gasteiger partial charge on any atom is -0.384 e. The zero-order valence-electron chi connectivity index (χ0n) is 17.5. The number of anilines is 1. The number of nitrogens with zero attached hydrogens (tertiary/aromatic N) is 1. The molecule has 29 heavy (non-hydrogen) atoms. The molecule has 2 fully saturated rings. The van der Waals surface area contributed by atoms with Crippen molar-refractivity contribution in [1.82, 2.24) is 20.9 Å². The van der Waals surface area contributed by atoms with Crippen molar-refractivity contribution in [2.45, 2.75) is 57.2 Å². The van der Waals surface area contributed by atoms with E-state index in [4.69, 9.17) is 5.73 Å². The Balaban J connectivity index is 1.29. The highest BCUT2D eigenvalue weighted by Gasteiger charge is 2.33. The molecular weight excluding hydrogens is 358 g/mol. The Morgan fingerprint density at radius 1 is 1.07 bits per heavy atom. The van der Waals surface area contributed by atoms with Crippen LogP contribution in [0.4, 0.5) is 5.82 Å². The molecule has 0 bridgehead atoms. The fourth-order valence-corrected chi connectivity index (χ4v) is 5.01. The van der Waals surface area contributed by atoms with Crippen LogP contribution in [0, 0.1) is 12.8 Å². The summed E-state index contributed by atoms with van der Waals surface area (Å²) in [6.07, 6.45) is 5.92. The number of hydrogen-bond acceptors (Lipinski definition) is 5. The molecule has 2 aromatic rings. The Hall–Kier alpha value is -1.95. The fraction of sp³-hybridized carbons (Fsp3) is 0.542. The van der Waals surface area contributed by atoms with Gasteiger partial charge in [0.2, 0.25) is 0 Å². The summed E-state index contributed by atoms with van der Waals surface area (Å²) in [5.74, 6) is 1.20. The molecule has 156 valence electrons. The predicted molar refractivity (Wildman–Crippen MR) is 120 cm³/mol. The number of aromatic nitrogens is 1. The van der Waals surface area contributed by atoms with Gasteiger partial charge in [0.25, 0.3) is 0 Å². The molecule has 4 unspecified atom stereocenters. The molecule has 1 saturated heterocycles. The van der Waals surface area contributed by atoms with E-state index in [1.165, 1.54) is 30.4 Å². The van der Waals surface area contributed by atoms with Crippen molar-refractivity contribution in [3.05, 3.63) is 59.3 Å². The topological polar surface area (TPSA) is 75.0 Å². The van der Waals surface area contributed by atoms with Crippen LogP contribution in [0.1, 0.15) is 36.1 Å². The van der Waals surface area contributed by atoms with Gasteiger partial charge < -0.3 is 21.7 Å². The Bertz CT molecular complexity index is 758. The van der Waals surface area contributed by atoms with Crippen molar-refractivity contribution in [2.75, 3.05) is 25.4 Å². The number of benzene rings is 1. The summed E-state index contributed by atoms with van der Waals surface area (Å²) in [6, 6.07) is 16.5. The lowest BCUT2D eigenvalue weighted by atomic mass is 9.95. The number of aryl methyl sites for hydroxylation is 1. The molecule has 4 atom stereocenters. The number of nitrogens with one attached hydrogen (secondary N) is 3. The van der Waals surface area contributed by atoms with Crippen LogP contribution in [0.25, 0.3) is 0 Å². The molecule has 1 saturated carbocycles. The van der Waals surface area contributed by atoms with E-state index in [1.54, 1.807) is 0 Å². The summed E-state index contributed by atoms with van der Waals surface area (Å²) < 4.78 is 0. The molecule has 2 aliphatic rings. The lowest BCUT2D eigenvalue weighted by molar-refractivity contribution is 0.333. The molecule has 5 heteroatoms. The highest BCUT2D eigenvalue weighted by molar-refractivity contribution is 5.34. The van der Waals surface area contributed by atoms with E-state index < -0.39 is 0 Å². The Morgan fingerprint density at radius 2 is 1.90 bits per heavy atom. The molecule has 1 aromatic heterocycles. The lowest BCUT2D eigenvalue weighted by Gasteiger charge is -2.28. The number of nitrogen functional groups attached to an aromatic ring is 1. The van der Waals surface area contributed by atoms with Gasteiger partial charge in [-0.3, -0.25) is 0 Å². The third-order valence-electron chi connectivity index (χ3n) is 6.46. The molecule has 0 spiro atoms. The largest absolute Gasteiger partial charge is 0.384 e. The molecule has 5 N–H and O–H groups in total. The minimum atomic E-state index is 0.500. The minimum absolute atomic E-state index is 0.500. The first kappa shape index (κ1) is 20.3. The van der Waals surface area contributed by atoms with Crippen LogP contribution in [0.5, 0.6) is 0 Å². The fourth-order valence-electron chi connectivity index (χ4n) is 5.01. The van der Waals surface area contributed by atoms with Crippen LogP contribution >= 0.6 is 0 Å². The smallest absolute Gasteiger partial charge is 0.123 e. The summed E-state index contributed by atoms with van der Waals surface area (Å²) in [5.41, 5.74) is 9.68. The third kappa shape index (κ3) is 5.56. The molecule has 4 rings (SSSR count). The van der Waals surface area contributed by atoms with Crippen molar-refractivity contribution in [3.63, 3.8) is 0 Å². The maximum atomic E-state index is 5.96. The summed E-state index contributed by atoms with van der Waals surface area (Å²) in [7, 11) is 0. The highest BCUT2D eigenvalue weighted by Crippen LogP contribution is 2.23. The highest BCUT2D eigenvalue weighted by atomic mass is 15.1. The molecular formula is C24H35N5. The van der Waals surface area contributed by atoms with E-state index in [-0.39, 0.29) is 0 Å². The van der Waals surface area contributed by atoms with Crippen LogP contribution in [-0.2, 0) is 12.8 Å². The maximum absolute atomic E-state index is 5.96. The summed E-state index contributed by atoms with van der Waals surface area (Å²) in [4.78, 5) is 4.56. The van der Waals surface area contributed by atoms with Crippen molar-refractivity contribution >= 4 is 5.82 Å². The van der Waals surface area contributed by atoms with Crippen molar-refractivity contribution < 1.29 is 0 Å². The summed E-state index contributed by atoms with van der Waals surface area (Å²) >= 11 is 0. The van der Waals surface area contributed by atoms with Gasteiger partial charge in [-0.15, -0.1) is 0 Å². The summed E-state index contributed by atoms with van der Waals surface area (Å²) in [6.45, 7) is 5.23. The molecule has 0 amide bonds. The monoisotopic (exact) mass is 393 g/mol. The van der Waals surface area contributed by atoms with Crippen molar-refractivity contribution in [2.24, 2.45) is 5.92 Å². The summed E-state index contributed by atoms with van der Waals surface area (Å²) in [5, 5.41) is 11.4. The zero-order valence-corrected chi connectivity index (χ0v) is 17.5. The van der Waals surface area contributed by atoms with Gasteiger partial charge in [-0.25, -0.2) is 4.98 Å². The average molecular weight is 394 g/mol. The first-order chi connectivity index (χ1) is 14.2. The molecule has 2 heterocycles. The van der Waals surface area contributed by atoms with E-state index >= 15 is 0 Å². The van der Waals surface area contributed by atoms with E-state index in [0.29, 0.717) is 29.9 Å². The van der Waals surface area contributed by atoms with Crippen LogP contribution in [0.15, 0.2) is 42.5 Å². The van der Waals surface area contributed by atoms with E-state index in [0.717, 1.165) is 38.2 Å². The Morgan fingerprint density at radius 3 is 2.72 bits per heavy atom. The average Bonchev–Trinajstić information content (AvgIpc) is 3.32. The number of rotatable bonds is 8. The second-order valence-corrected chi connectivity index (χ2v) is 8.79.